The first-order valence-electron chi connectivity index (χ1n) is 12.2. The van der Waals surface area contributed by atoms with Gasteiger partial charge in [0.05, 0.1) is 5.56 Å². The third kappa shape index (κ3) is 5.59. The van der Waals surface area contributed by atoms with Crippen LogP contribution >= 0.6 is 0 Å². The number of urea groups is 1. The van der Waals surface area contributed by atoms with E-state index in [0.29, 0.717) is 23.4 Å². The van der Waals surface area contributed by atoms with Gasteiger partial charge in [-0.15, -0.1) is 0 Å². The minimum absolute atomic E-state index is 0.00886. The van der Waals surface area contributed by atoms with E-state index in [1.54, 1.807) is 26.0 Å². The fourth-order valence-corrected chi connectivity index (χ4v) is 5.94. The standard InChI is InChI=1S/C26H27F4N5O4S/c1-15-12-18(34(3)24(31)37)13-16(2)19(15)6-11-40(38,39)35-9-7-25(8-10-35)23(36)32-22(33-25)17-4-5-21(27)20(14-17)26(28,29)30/h4-6,11-14H,7-10H2,1-3H3,(H2,31,37)(H,32,33,36). The molecule has 9 nitrogen and oxygen atoms in total. The van der Waals surface area contributed by atoms with E-state index in [0.717, 1.165) is 22.6 Å². The minimum Gasteiger partial charge on any atom is -0.351 e. The molecule has 2 heterocycles. The molecule has 2 aromatic rings. The second-order valence-corrected chi connectivity index (χ2v) is 11.6. The molecular weight excluding hydrogens is 554 g/mol. The number of aliphatic imine (C=N–C) groups is 1. The lowest BCUT2D eigenvalue weighted by atomic mass is 9.89. The lowest BCUT2D eigenvalue weighted by molar-refractivity contribution is -0.140. The van der Waals surface area contributed by atoms with Crippen molar-refractivity contribution in [3.05, 3.63) is 69.4 Å². The Morgan fingerprint density at radius 2 is 1.75 bits per heavy atom. The van der Waals surface area contributed by atoms with Crippen LogP contribution in [0.3, 0.4) is 0 Å². The van der Waals surface area contributed by atoms with Crippen LogP contribution in [0.4, 0.5) is 28.0 Å². The fraction of sp³-hybridized carbons (Fsp3) is 0.346. The molecule has 1 saturated heterocycles. The summed E-state index contributed by atoms with van der Waals surface area (Å²) in [6.45, 7) is 3.45. The summed E-state index contributed by atoms with van der Waals surface area (Å²) in [5, 5.41) is 3.54. The molecule has 0 unspecified atom stereocenters. The number of nitrogens with one attached hydrogen (secondary N) is 1. The van der Waals surface area contributed by atoms with Crippen LogP contribution in [-0.2, 0) is 21.0 Å². The number of aryl methyl sites for hydroxylation is 2. The number of anilines is 1. The molecule has 3 amide bonds. The Balaban J connectivity index is 1.50. The summed E-state index contributed by atoms with van der Waals surface area (Å²) in [5.41, 5.74) is 5.08. The predicted molar refractivity (Wildman–Crippen MR) is 141 cm³/mol. The van der Waals surface area contributed by atoms with E-state index in [1.807, 2.05) is 0 Å². The third-order valence-corrected chi connectivity index (χ3v) is 8.70. The molecule has 0 bridgehead atoms. The van der Waals surface area contributed by atoms with Crippen molar-refractivity contribution in [2.24, 2.45) is 10.7 Å². The van der Waals surface area contributed by atoms with Gasteiger partial charge >= 0.3 is 12.2 Å². The van der Waals surface area contributed by atoms with Gasteiger partial charge in [0, 0.05) is 36.8 Å². The zero-order valence-electron chi connectivity index (χ0n) is 21.8. The van der Waals surface area contributed by atoms with Crippen LogP contribution in [0.5, 0.6) is 0 Å². The van der Waals surface area contributed by atoms with Crippen molar-refractivity contribution < 1.29 is 35.6 Å². The van der Waals surface area contributed by atoms with Crippen LogP contribution in [0.1, 0.15) is 40.7 Å². The zero-order chi connectivity index (χ0) is 29.6. The molecule has 40 heavy (non-hydrogen) atoms. The number of alkyl halides is 3. The highest BCUT2D eigenvalue weighted by Crippen LogP contribution is 2.35. The molecule has 1 spiro atoms. The monoisotopic (exact) mass is 581 g/mol. The number of carbonyl (C=O) groups excluding carboxylic acids is 2. The van der Waals surface area contributed by atoms with E-state index in [1.165, 1.54) is 22.3 Å². The maximum Gasteiger partial charge on any atom is 0.419 e. The minimum atomic E-state index is -4.92. The van der Waals surface area contributed by atoms with Gasteiger partial charge in [-0.3, -0.25) is 14.7 Å². The Labute approximate surface area is 228 Å². The number of nitrogens with two attached hydrogens (primary N) is 1. The van der Waals surface area contributed by atoms with Gasteiger partial charge < -0.3 is 11.1 Å². The molecule has 4 rings (SSSR count). The number of hydrogen-bond acceptors (Lipinski definition) is 5. The number of piperidine rings is 1. The number of carbonyl (C=O) groups is 2. The first-order chi connectivity index (χ1) is 18.5. The summed E-state index contributed by atoms with van der Waals surface area (Å²) >= 11 is 0. The van der Waals surface area contributed by atoms with Crippen molar-refractivity contribution in [1.82, 2.24) is 9.62 Å². The molecule has 14 heteroatoms. The summed E-state index contributed by atoms with van der Waals surface area (Å²) in [4.78, 5) is 29.9. The highest BCUT2D eigenvalue weighted by Gasteiger charge is 2.47. The highest BCUT2D eigenvalue weighted by molar-refractivity contribution is 7.92. The van der Waals surface area contributed by atoms with Crippen LogP contribution < -0.4 is 16.0 Å². The van der Waals surface area contributed by atoms with Crippen LogP contribution in [0.15, 0.2) is 40.7 Å². The number of amides is 3. The molecular formula is C26H27F4N5O4S. The van der Waals surface area contributed by atoms with Crippen LogP contribution in [0, 0.1) is 19.7 Å². The number of hydrogen-bond donors (Lipinski definition) is 2. The Kier molecular flexibility index (Phi) is 7.54. The van der Waals surface area contributed by atoms with Gasteiger partial charge in [0.25, 0.3) is 5.91 Å². The number of sulfonamides is 1. The lowest BCUT2D eigenvalue weighted by Crippen LogP contribution is -2.50. The number of rotatable bonds is 5. The zero-order valence-corrected chi connectivity index (χ0v) is 22.7. The molecule has 0 aromatic heterocycles. The van der Waals surface area contributed by atoms with Crippen molar-refractivity contribution in [2.75, 3.05) is 25.0 Å². The van der Waals surface area contributed by atoms with E-state index in [9.17, 15) is 35.6 Å². The van der Waals surface area contributed by atoms with Gasteiger partial charge in [0.15, 0.2) is 0 Å². The summed E-state index contributed by atoms with van der Waals surface area (Å²) in [5.74, 6) is -2.12. The van der Waals surface area contributed by atoms with Gasteiger partial charge in [0.1, 0.15) is 17.2 Å². The number of primary amides is 1. The van der Waals surface area contributed by atoms with Crippen molar-refractivity contribution in [2.45, 2.75) is 38.4 Å². The summed E-state index contributed by atoms with van der Waals surface area (Å²) in [7, 11) is -2.37. The number of nitrogens with zero attached hydrogens (tertiary/aromatic N) is 3. The van der Waals surface area contributed by atoms with Gasteiger partial charge in [0.2, 0.25) is 10.0 Å². The van der Waals surface area contributed by atoms with Crippen LogP contribution in [0.25, 0.3) is 6.08 Å². The fourth-order valence-electron chi connectivity index (χ4n) is 4.77. The molecule has 2 aromatic carbocycles. The largest absolute Gasteiger partial charge is 0.419 e. The van der Waals surface area contributed by atoms with Crippen molar-refractivity contribution in [3.8, 4) is 0 Å². The van der Waals surface area contributed by atoms with Gasteiger partial charge in [-0.25, -0.2) is 17.6 Å². The molecule has 0 aliphatic carbocycles. The lowest BCUT2D eigenvalue weighted by Gasteiger charge is -2.34. The molecule has 3 N–H and O–H groups in total. The topological polar surface area (TPSA) is 125 Å². The van der Waals surface area contributed by atoms with E-state index in [2.05, 4.69) is 10.3 Å². The molecule has 2 aliphatic rings. The number of benzene rings is 2. The summed E-state index contributed by atoms with van der Waals surface area (Å²) in [6.07, 6.45) is -3.44. The average Bonchev–Trinajstić information content (AvgIpc) is 3.17. The second kappa shape index (κ2) is 10.3. The molecule has 214 valence electrons. The second-order valence-electron chi connectivity index (χ2n) is 9.78. The van der Waals surface area contributed by atoms with Crippen LogP contribution in [0.2, 0.25) is 0 Å². The van der Waals surface area contributed by atoms with Crippen molar-refractivity contribution in [3.63, 3.8) is 0 Å². The smallest absolute Gasteiger partial charge is 0.351 e. The molecule has 0 saturated carbocycles. The molecule has 1 fully saturated rings. The van der Waals surface area contributed by atoms with Gasteiger partial charge in [-0.05, 0) is 79.8 Å². The first kappa shape index (κ1) is 29.2. The van der Waals surface area contributed by atoms with Gasteiger partial charge in [-0.1, -0.05) is 0 Å². The molecule has 0 atom stereocenters. The summed E-state index contributed by atoms with van der Waals surface area (Å²) < 4.78 is 80.4. The molecule has 0 radical (unpaired) electrons. The van der Waals surface area contributed by atoms with Crippen LogP contribution in [-0.4, -0.2) is 56.2 Å². The Bertz CT molecular complexity index is 1520. The number of halogens is 4. The van der Waals surface area contributed by atoms with Crippen molar-refractivity contribution in [1.29, 1.82) is 0 Å². The van der Waals surface area contributed by atoms with E-state index < -0.39 is 45.1 Å². The van der Waals surface area contributed by atoms with E-state index >= 15 is 0 Å². The van der Waals surface area contributed by atoms with E-state index in [-0.39, 0.29) is 37.3 Å². The first-order valence-corrected chi connectivity index (χ1v) is 13.7. The maximum absolute atomic E-state index is 13.7. The SMILES string of the molecule is Cc1cc(N(C)C(N)=O)cc(C)c1C=CS(=O)(=O)N1CCC2(CC1)N=C(c1ccc(F)c(C(F)(F)F)c1)NC2=O. The quantitative estimate of drug-likeness (QED) is 0.523. The van der Waals surface area contributed by atoms with E-state index in [4.69, 9.17) is 5.73 Å². The van der Waals surface area contributed by atoms with Gasteiger partial charge in [-0.2, -0.15) is 17.5 Å². The third-order valence-electron chi connectivity index (χ3n) is 7.14. The summed E-state index contributed by atoms with van der Waals surface area (Å²) in [6, 6.07) is 5.12. The molecule has 2 aliphatic heterocycles. The normalized spacial score (nSPS) is 17.8. The Morgan fingerprint density at radius 3 is 2.30 bits per heavy atom. The Hall–Kier alpha value is -3.78. The predicted octanol–water partition coefficient (Wildman–Crippen LogP) is 3.69. The average molecular weight is 582 g/mol. The Morgan fingerprint density at radius 1 is 1.15 bits per heavy atom. The number of amidine groups is 1. The maximum atomic E-state index is 13.7. The highest BCUT2D eigenvalue weighted by atomic mass is 32.2. The van der Waals surface area contributed by atoms with Crippen molar-refractivity contribution >= 4 is 39.6 Å².